The second-order valence-corrected chi connectivity index (χ2v) is 6.08. The Balaban J connectivity index is 2.05. The summed E-state index contributed by atoms with van der Waals surface area (Å²) in [5, 5.41) is 0.0603. The van der Waals surface area contributed by atoms with Gasteiger partial charge < -0.3 is 14.5 Å². The number of rotatable bonds is 5. The highest BCUT2D eigenvalue weighted by Crippen LogP contribution is 2.22. The molecule has 0 bridgehead atoms. The predicted molar refractivity (Wildman–Crippen MR) is 63.7 cm³/mol. The third kappa shape index (κ3) is 2.72. The molecule has 102 valence electrons. The van der Waals surface area contributed by atoms with Crippen molar-refractivity contribution < 1.29 is 17.9 Å². The fraction of sp³-hybridized carbons (Fsp3) is 0.700. The molecule has 1 atom stereocenters. The lowest BCUT2D eigenvalue weighted by Crippen LogP contribution is -2.45. The average Bonchev–Trinajstić information content (AvgIpc) is 2.96. The van der Waals surface area contributed by atoms with E-state index in [9.17, 15) is 8.42 Å². The summed E-state index contributed by atoms with van der Waals surface area (Å²) in [4.78, 5) is 6.56. The average molecular weight is 275 g/mol. The van der Waals surface area contributed by atoms with Crippen molar-refractivity contribution in [2.24, 2.45) is 0 Å². The molecule has 2 N–H and O–H groups in total. The van der Waals surface area contributed by atoms with Crippen LogP contribution in [0.3, 0.4) is 0 Å². The molecule has 0 amide bonds. The molecular weight excluding hydrogens is 258 g/mol. The Labute approximate surface area is 106 Å². The summed E-state index contributed by atoms with van der Waals surface area (Å²) >= 11 is 0. The summed E-state index contributed by atoms with van der Waals surface area (Å²) in [6.07, 6.45) is 1.97. The molecule has 18 heavy (non-hydrogen) atoms. The van der Waals surface area contributed by atoms with E-state index in [4.69, 9.17) is 9.47 Å². The summed E-state index contributed by atoms with van der Waals surface area (Å²) in [6.45, 7) is 2.86. The van der Waals surface area contributed by atoms with Gasteiger partial charge in [-0.2, -0.15) is 0 Å². The van der Waals surface area contributed by atoms with Crippen LogP contribution in [0.2, 0.25) is 0 Å². The van der Waals surface area contributed by atoms with E-state index in [1.54, 1.807) is 14.0 Å². The number of methoxy groups -OCH3 is 1. The molecular formula is C10H17N3O4S. The van der Waals surface area contributed by atoms with E-state index in [1.807, 2.05) is 0 Å². The number of hydrogen-bond donors (Lipinski definition) is 2. The molecule has 1 unspecified atom stereocenters. The smallest absolute Gasteiger partial charge is 0.257 e. The highest BCUT2D eigenvalue weighted by atomic mass is 32.2. The van der Waals surface area contributed by atoms with E-state index in [0.29, 0.717) is 25.5 Å². The first-order valence-electron chi connectivity index (χ1n) is 5.62. The number of nitrogens with one attached hydrogen (secondary N) is 2. The first-order valence-corrected chi connectivity index (χ1v) is 7.10. The molecule has 8 heteroatoms. The quantitative estimate of drug-likeness (QED) is 0.776. The lowest BCUT2D eigenvalue weighted by atomic mass is 10.0. The minimum Gasteiger partial charge on any atom is -0.378 e. The number of aromatic amines is 1. The minimum absolute atomic E-state index is 0.0603. The lowest BCUT2D eigenvalue weighted by Gasteiger charge is -2.25. The summed E-state index contributed by atoms with van der Waals surface area (Å²) in [6, 6.07) is 0. The fourth-order valence-electron chi connectivity index (χ4n) is 1.80. The molecule has 2 heterocycles. The molecule has 1 aromatic heterocycles. The van der Waals surface area contributed by atoms with Gasteiger partial charge >= 0.3 is 0 Å². The van der Waals surface area contributed by atoms with Crippen LogP contribution in [0.1, 0.15) is 12.2 Å². The number of imidazole rings is 1. The number of H-pyrrole nitrogens is 1. The van der Waals surface area contributed by atoms with Gasteiger partial charge in [-0.15, -0.1) is 0 Å². The van der Waals surface area contributed by atoms with Crippen molar-refractivity contribution in [2.75, 3.05) is 26.9 Å². The molecule has 0 aromatic carbocycles. The summed E-state index contributed by atoms with van der Waals surface area (Å²) < 4.78 is 37.1. The molecule has 1 saturated heterocycles. The van der Waals surface area contributed by atoms with E-state index in [0.717, 1.165) is 0 Å². The van der Waals surface area contributed by atoms with Crippen LogP contribution < -0.4 is 4.72 Å². The number of nitrogens with zero attached hydrogens (tertiary/aromatic N) is 1. The van der Waals surface area contributed by atoms with Crippen molar-refractivity contribution in [3.8, 4) is 0 Å². The fourth-order valence-corrected chi connectivity index (χ4v) is 2.88. The highest BCUT2D eigenvalue weighted by molar-refractivity contribution is 7.89. The first-order chi connectivity index (χ1) is 8.47. The van der Waals surface area contributed by atoms with Gasteiger partial charge in [0, 0.05) is 26.7 Å². The van der Waals surface area contributed by atoms with Gasteiger partial charge in [-0.3, -0.25) is 0 Å². The zero-order chi connectivity index (χ0) is 13.2. The van der Waals surface area contributed by atoms with Gasteiger partial charge in [0.25, 0.3) is 10.0 Å². The van der Waals surface area contributed by atoms with Crippen LogP contribution in [0.5, 0.6) is 0 Å². The normalized spacial score (nSPS) is 24.6. The molecule has 1 aliphatic heterocycles. The number of ether oxygens (including phenoxy) is 2. The molecule has 1 aromatic rings. The Bertz CT molecular complexity index is 505. The van der Waals surface area contributed by atoms with Crippen molar-refractivity contribution in [1.29, 1.82) is 0 Å². The first kappa shape index (κ1) is 13.5. The van der Waals surface area contributed by atoms with Crippen molar-refractivity contribution >= 4 is 10.0 Å². The van der Waals surface area contributed by atoms with E-state index in [2.05, 4.69) is 14.7 Å². The lowest BCUT2D eigenvalue weighted by molar-refractivity contribution is -0.0120. The maximum Gasteiger partial charge on any atom is 0.257 e. The van der Waals surface area contributed by atoms with E-state index < -0.39 is 15.6 Å². The second-order valence-electron chi connectivity index (χ2n) is 4.35. The maximum atomic E-state index is 12.0. The van der Waals surface area contributed by atoms with Gasteiger partial charge in [0.15, 0.2) is 5.03 Å². The largest absolute Gasteiger partial charge is 0.378 e. The molecule has 1 aliphatic rings. The monoisotopic (exact) mass is 275 g/mol. The molecule has 2 rings (SSSR count). The third-order valence-corrected chi connectivity index (χ3v) is 4.36. The van der Waals surface area contributed by atoms with Gasteiger partial charge in [0.2, 0.25) is 0 Å². The number of hydrogen-bond acceptors (Lipinski definition) is 5. The van der Waals surface area contributed by atoms with Crippen molar-refractivity contribution in [3.05, 3.63) is 12.0 Å². The Kier molecular flexibility index (Phi) is 3.71. The molecule has 0 saturated carbocycles. The van der Waals surface area contributed by atoms with Crippen LogP contribution in [0.15, 0.2) is 11.2 Å². The van der Waals surface area contributed by atoms with Crippen LogP contribution >= 0.6 is 0 Å². The zero-order valence-corrected chi connectivity index (χ0v) is 11.2. The zero-order valence-electron chi connectivity index (χ0n) is 10.4. The van der Waals surface area contributed by atoms with Crippen LogP contribution in [-0.4, -0.2) is 50.9 Å². The number of aromatic nitrogens is 2. The Hall–Kier alpha value is -0.960. The number of aryl methyl sites for hydroxylation is 1. The molecule has 7 nitrogen and oxygen atoms in total. The van der Waals surface area contributed by atoms with Gasteiger partial charge in [-0.05, 0) is 6.92 Å². The standard InChI is InChI=1S/C10H17N3O4S/c1-8-11-5-9(13-8)18(14,15)12-6-10(16-2)3-4-17-7-10/h5,12H,3-4,6-7H2,1-2H3,(H,11,13). The maximum absolute atomic E-state index is 12.0. The minimum atomic E-state index is -3.58. The van der Waals surface area contributed by atoms with Crippen LogP contribution in [-0.2, 0) is 19.5 Å². The van der Waals surface area contributed by atoms with E-state index >= 15 is 0 Å². The molecule has 1 fully saturated rings. The third-order valence-electron chi connectivity index (χ3n) is 3.05. The Morgan fingerprint density at radius 2 is 2.44 bits per heavy atom. The van der Waals surface area contributed by atoms with Gasteiger partial charge in [-0.1, -0.05) is 0 Å². The molecule has 0 aliphatic carbocycles. The van der Waals surface area contributed by atoms with Crippen molar-refractivity contribution in [1.82, 2.24) is 14.7 Å². The van der Waals surface area contributed by atoms with Gasteiger partial charge in [0.1, 0.15) is 11.4 Å². The van der Waals surface area contributed by atoms with Crippen molar-refractivity contribution in [3.63, 3.8) is 0 Å². The van der Waals surface area contributed by atoms with Crippen molar-refractivity contribution in [2.45, 2.75) is 24.0 Å². The summed E-state index contributed by atoms with van der Waals surface area (Å²) in [5.41, 5.74) is -0.567. The SMILES string of the molecule is COC1(CNS(=O)(=O)c2cnc(C)[nH]2)CCOC1. The van der Waals surface area contributed by atoms with Gasteiger partial charge in [-0.25, -0.2) is 18.1 Å². The van der Waals surface area contributed by atoms with Crippen LogP contribution in [0.25, 0.3) is 0 Å². The van der Waals surface area contributed by atoms with Gasteiger partial charge in [0.05, 0.1) is 12.8 Å². The summed E-state index contributed by atoms with van der Waals surface area (Å²) in [7, 11) is -2.02. The van der Waals surface area contributed by atoms with Crippen LogP contribution in [0, 0.1) is 6.92 Å². The second kappa shape index (κ2) is 4.96. The topological polar surface area (TPSA) is 93.3 Å². The van der Waals surface area contributed by atoms with E-state index in [-0.39, 0.29) is 11.6 Å². The highest BCUT2D eigenvalue weighted by Gasteiger charge is 2.36. The van der Waals surface area contributed by atoms with E-state index in [1.165, 1.54) is 6.20 Å². The number of sulfonamides is 1. The predicted octanol–water partition coefficient (Wildman–Crippen LogP) is -0.198. The Morgan fingerprint density at radius 3 is 2.94 bits per heavy atom. The molecule has 0 spiro atoms. The Morgan fingerprint density at radius 1 is 1.67 bits per heavy atom. The summed E-state index contributed by atoms with van der Waals surface area (Å²) in [5.74, 6) is 0.557. The van der Waals surface area contributed by atoms with Crippen LogP contribution in [0.4, 0.5) is 0 Å². The molecule has 0 radical (unpaired) electrons.